The van der Waals surface area contributed by atoms with Crippen molar-refractivity contribution in [2.24, 2.45) is 5.92 Å². The molecule has 1 atom stereocenters. The van der Waals surface area contributed by atoms with Crippen LogP contribution in [0.4, 0.5) is 0 Å². The van der Waals surface area contributed by atoms with Crippen molar-refractivity contribution >= 4 is 11.9 Å². The minimum absolute atomic E-state index is 0.0985. The van der Waals surface area contributed by atoms with Gasteiger partial charge in [-0.15, -0.1) is 0 Å². The Balaban J connectivity index is 1.48. The van der Waals surface area contributed by atoms with Gasteiger partial charge < -0.3 is 14.7 Å². The number of amides is 1. The first-order valence-corrected chi connectivity index (χ1v) is 9.34. The molecule has 0 radical (unpaired) electrons. The number of ether oxygens (including phenoxy) is 1. The molecule has 136 valence electrons. The second kappa shape index (κ2) is 8.48. The lowest BCUT2D eigenvalue weighted by Gasteiger charge is -2.33. The molecule has 3 rings (SSSR count). The van der Waals surface area contributed by atoms with Gasteiger partial charge in [0.2, 0.25) is 5.91 Å². The van der Waals surface area contributed by atoms with E-state index in [1.165, 1.54) is 0 Å². The van der Waals surface area contributed by atoms with Crippen molar-refractivity contribution in [1.29, 1.82) is 0 Å². The molecule has 25 heavy (non-hydrogen) atoms. The highest BCUT2D eigenvalue weighted by Crippen LogP contribution is 2.25. The van der Waals surface area contributed by atoms with E-state index < -0.39 is 5.97 Å². The number of hydrogen-bond acceptors (Lipinski definition) is 3. The van der Waals surface area contributed by atoms with Crippen LogP contribution >= 0.6 is 0 Å². The Morgan fingerprint density at radius 3 is 2.56 bits per heavy atom. The minimum Gasteiger partial charge on any atom is -0.478 e. The molecule has 1 N–H and O–H groups in total. The Morgan fingerprint density at radius 1 is 1.12 bits per heavy atom. The number of carbonyl (C=O) groups excluding carboxylic acids is 1. The predicted octanol–water partition coefficient (Wildman–Crippen LogP) is 3.13. The van der Waals surface area contributed by atoms with E-state index in [4.69, 9.17) is 4.74 Å². The number of aromatic carboxylic acids is 1. The topological polar surface area (TPSA) is 66.8 Å². The molecule has 1 aromatic rings. The Labute approximate surface area is 149 Å². The molecule has 2 saturated heterocycles. The largest absolute Gasteiger partial charge is 0.478 e. The van der Waals surface area contributed by atoms with Gasteiger partial charge in [0.1, 0.15) is 0 Å². The Bertz CT molecular complexity index is 601. The van der Waals surface area contributed by atoms with Crippen molar-refractivity contribution < 1.29 is 19.4 Å². The molecule has 0 saturated carbocycles. The molecule has 0 aliphatic carbocycles. The SMILES string of the molecule is O=C(O)c1ccccc1CC1CCN(C(=O)CC2CCCCO2)CC1. The molecule has 5 heteroatoms. The van der Waals surface area contributed by atoms with Crippen molar-refractivity contribution in [1.82, 2.24) is 4.90 Å². The normalized spacial score (nSPS) is 21.9. The van der Waals surface area contributed by atoms with E-state index >= 15 is 0 Å². The second-order valence-electron chi connectivity index (χ2n) is 7.18. The zero-order chi connectivity index (χ0) is 17.6. The maximum Gasteiger partial charge on any atom is 0.335 e. The lowest BCUT2D eigenvalue weighted by molar-refractivity contribution is -0.136. The summed E-state index contributed by atoms with van der Waals surface area (Å²) in [6.45, 7) is 2.32. The van der Waals surface area contributed by atoms with Crippen molar-refractivity contribution in [2.45, 2.75) is 51.0 Å². The van der Waals surface area contributed by atoms with Crippen LogP contribution in [0, 0.1) is 5.92 Å². The van der Waals surface area contributed by atoms with Gasteiger partial charge in [-0.3, -0.25) is 4.79 Å². The molecule has 1 unspecified atom stereocenters. The lowest BCUT2D eigenvalue weighted by atomic mass is 9.88. The summed E-state index contributed by atoms with van der Waals surface area (Å²) in [4.78, 5) is 25.7. The minimum atomic E-state index is -0.865. The third kappa shape index (κ3) is 4.82. The van der Waals surface area contributed by atoms with Crippen molar-refractivity contribution in [3.63, 3.8) is 0 Å². The third-order valence-electron chi connectivity index (χ3n) is 5.40. The number of rotatable bonds is 5. The summed E-state index contributed by atoms with van der Waals surface area (Å²) >= 11 is 0. The molecule has 1 aromatic carbocycles. The maximum absolute atomic E-state index is 12.4. The number of carboxylic acid groups (broad SMARTS) is 1. The predicted molar refractivity (Wildman–Crippen MR) is 94.6 cm³/mol. The van der Waals surface area contributed by atoms with E-state index in [0.717, 1.165) is 63.8 Å². The fraction of sp³-hybridized carbons (Fsp3) is 0.600. The summed E-state index contributed by atoms with van der Waals surface area (Å²) in [5.74, 6) is -0.220. The summed E-state index contributed by atoms with van der Waals surface area (Å²) in [5, 5.41) is 9.30. The van der Waals surface area contributed by atoms with Crippen LogP contribution in [0.15, 0.2) is 24.3 Å². The number of hydrogen-bond donors (Lipinski definition) is 1. The van der Waals surface area contributed by atoms with Gasteiger partial charge in [0.05, 0.1) is 18.1 Å². The molecule has 2 aliphatic rings. The highest BCUT2D eigenvalue weighted by molar-refractivity contribution is 5.89. The number of carbonyl (C=O) groups is 2. The summed E-state index contributed by atoms with van der Waals surface area (Å²) in [6.07, 6.45) is 6.51. The zero-order valence-corrected chi connectivity index (χ0v) is 14.7. The molecule has 1 amide bonds. The van der Waals surface area contributed by atoms with E-state index in [2.05, 4.69) is 0 Å². The fourth-order valence-electron chi connectivity index (χ4n) is 3.90. The fourth-order valence-corrected chi connectivity index (χ4v) is 3.90. The Morgan fingerprint density at radius 2 is 1.88 bits per heavy atom. The number of piperidine rings is 1. The van der Waals surface area contributed by atoms with E-state index in [0.29, 0.717) is 17.9 Å². The molecule has 0 spiro atoms. The summed E-state index contributed by atoms with van der Waals surface area (Å²) in [6, 6.07) is 7.23. The quantitative estimate of drug-likeness (QED) is 0.890. The van der Waals surface area contributed by atoms with Crippen molar-refractivity contribution in [3.05, 3.63) is 35.4 Å². The van der Waals surface area contributed by atoms with E-state index in [1.807, 2.05) is 17.0 Å². The van der Waals surface area contributed by atoms with Gasteiger partial charge in [-0.05, 0) is 56.1 Å². The van der Waals surface area contributed by atoms with Crippen LogP contribution in [0.25, 0.3) is 0 Å². The van der Waals surface area contributed by atoms with Gasteiger partial charge in [0.15, 0.2) is 0 Å². The zero-order valence-electron chi connectivity index (χ0n) is 14.7. The summed E-state index contributed by atoms with van der Waals surface area (Å²) < 4.78 is 5.67. The van der Waals surface area contributed by atoms with Crippen molar-refractivity contribution in [2.75, 3.05) is 19.7 Å². The first kappa shape index (κ1) is 17.9. The van der Waals surface area contributed by atoms with E-state index in [9.17, 15) is 14.7 Å². The Hall–Kier alpha value is -1.88. The molecule has 2 heterocycles. The number of carboxylic acids is 1. The first-order chi connectivity index (χ1) is 12.1. The van der Waals surface area contributed by atoms with Gasteiger partial charge in [0, 0.05) is 19.7 Å². The van der Waals surface area contributed by atoms with Crippen LogP contribution in [0.2, 0.25) is 0 Å². The molecule has 0 aromatic heterocycles. The number of benzene rings is 1. The van der Waals surface area contributed by atoms with Crippen LogP contribution in [0.5, 0.6) is 0 Å². The van der Waals surface area contributed by atoms with Gasteiger partial charge in [-0.25, -0.2) is 4.79 Å². The van der Waals surface area contributed by atoms with E-state index in [1.54, 1.807) is 12.1 Å². The van der Waals surface area contributed by atoms with Crippen LogP contribution in [-0.2, 0) is 16.0 Å². The highest BCUT2D eigenvalue weighted by Gasteiger charge is 2.26. The molecule has 2 aliphatic heterocycles. The third-order valence-corrected chi connectivity index (χ3v) is 5.40. The summed E-state index contributed by atoms with van der Waals surface area (Å²) in [7, 11) is 0. The van der Waals surface area contributed by atoms with Gasteiger partial charge in [-0.2, -0.15) is 0 Å². The molecule has 2 fully saturated rings. The molecular weight excluding hydrogens is 318 g/mol. The average Bonchev–Trinajstić information content (AvgIpc) is 2.63. The van der Waals surface area contributed by atoms with Crippen LogP contribution in [0.3, 0.4) is 0 Å². The lowest BCUT2D eigenvalue weighted by Crippen LogP contribution is -2.40. The van der Waals surface area contributed by atoms with Crippen LogP contribution in [0.1, 0.15) is 54.4 Å². The van der Waals surface area contributed by atoms with Gasteiger partial charge >= 0.3 is 5.97 Å². The summed E-state index contributed by atoms with van der Waals surface area (Å²) in [5.41, 5.74) is 1.30. The number of likely N-dealkylation sites (tertiary alicyclic amines) is 1. The second-order valence-corrected chi connectivity index (χ2v) is 7.18. The number of nitrogens with zero attached hydrogens (tertiary/aromatic N) is 1. The van der Waals surface area contributed by atoms with Gasteiger partial charge in [-0.1, -0.05) is 18.2 Å². The maximum atomic E-state index is 12.4. The smallest absolute Gasteiger partial charge is 0.335 e. The first-order valence-electron chi connectivity index (χ1n) is 9.34. The van der Waals surface area contributed by atoms with E-state index in [-0.39, 0.29) is 12.0 Å². The molecule has 5 nitrogen and oxygen atoms in total. The Kier molecular flexibility index (Phi) is 6.08. The molecule has 0 bridgehead atoms. The van der Waals surface area contributed by atoms with Crippen LogP contribution < -0.4 is 0 Å². The standard InChI is InChI=1S/C20H27NO4/c22-19(14-17-6-3-4-12-25-17)21-10-8-15(9-11-21)13-16-5-1-2-7-18(16)20(23)24/h1-2,5,7,15,17H,3-4,6,8-14H2,(H,23,24). The van der Waals surface area contributed by atoms with Crippen LogP contribution in [-0.4, -0.2) is 47.7 Å². The molecular formula is C20H27NO4. The van der Waals surface area contributed by atoms with Gasteiger partial charge in [0.25, 0.3) is 0 Å². The monoisotopic (exact) mass is 345 g/mol. The highest BCUT2D eigenvalue weighted by atomic mass is 16.5. The van der Waals surface area contributed by atoms with Crippen molar-refractivity contribution in [3.8, 4) is 0 Å². The average molecular weight is 345 g/mol.